The van der Waals surface area contributed by atoms with E-state index in [-0.39, 0.29) is 5.91 Å². The molecular weight excluding hydrogens is 214 g/mol. The largest absolute Gasteiger partial charge is 0.337 e. The van der Waals surface area contributed by atoms with Crippen LogP contribution in [0.3, 0.4) is 0 Å². The van der Waals surface area contributed by atoms with Gasteiger partial charge in [-0.05, 0) is 38.1 Å². The van der Waals surface area contributed by atoms with Crippen molar-refractivity contribution in [2.45, 2.75) is 19.9 Å². The molecule has 0 atom stereocenters. The Hall–Kier alpha value is -1.42. The number of aromatic nitrogens is 1. The van der Waals surface area contributed by atoms with Crippen LogP contribution in [0.25, 0.3) is 0 Å². The van der Waals surface area contributed by atoms with Crippen LogP contribution in [0, 0.1) is 5.92 Å². The molecule has 1 N–H and O–H groups in total. The molecule has 0 spiro atoms. The van der Waals surface area contributed by atoms with Crippen molar-refractivity contribution in [3.05, 3.63) is 30.1 Å². The van der Waals surface area contributed by atoms with E-state index < -0.39 is 0 Å². The van der Waals surface area contributed by atoms with Gasteiger partial charge in [-0.3, -0.25) is 9.78 Å². The molecule has 1 aromatic rings. The van der Waals surface area contributed by atoms with Gasteiger partial charge in [0.1, 0.15) is 0 Å². The fourth-order valence-electron chi connectivity index (χ4n) is 1.93. The standard InChI is InChI=1S/C13H19N3O/c1-2-16(10-12-5-3-4-6-15-12)13(17)7-11-8-14-9-11/h3-6,11,14H,2,7-10H2,1H3. The Morgan fingerprint density at radius 1 is 1.53 bits per heavy atom. The topological polar surface area (TPSA) is 45.2 Å². The van der Waals surface area contributed by atoms with Gasteiger partial charge in [-0.15, -0.1) is 0 Å². The highest BCUT2D eigenvalue weighted by molar-refractivity contribution is 5.76. The second kappa shape index (κ2) is 5.77. The average molecular weight is 233 g/mol. The Kier molecular flexibility index (Phi) is 4.09. The Morgan fingerprint density at radius 3 is 2.88 bits per heavy atom. The molecule has 2 rings (SSSR count). The van der Waals surface area contributed by atoms with E-state index in [2.05, 4.69) is 10.3 Å². The summed E-state index contributed by atoms with van der Waals surface area (Å²) in [7, 11) is 0. The molecule has 0 unspecified atom stereocenters. The van der Waals surface area contributed by atoms with Crippen LogP contribution in [0.2, 0.25) is 0 Å². The predicted octanol–water partition coefficient (Wildman–Crippen LogP) is 1.04. The molecule has 0 saturated carbocycles. The highest BCUT2D eigenvalue weighted by Crippen LogP contribution is 2.12. The Balaban J connectivity index is 1.89. The van der Waals surface area contributed by atoms with Gasteiger partial charge in [-0.2, -0.15) is 0 Å². The number of rotatable bonds is 5. The van der Waals surface area contributed by atoms with Crippen molar-refractivity contribution >= 4 is 5.91 Å². The van der Waals surface area contributed by atoms with Crippen LogP contribution in [0.1, 0.15) is 19.0 Å². The van der Waals surface area contributed by atoms with Crippen LogP contribution in [0.15, 0.2) is 24.4 Å². The molecule has 1 saturated heterocycles. The summed E-state index contributed by atoms with van der Waals surface area (Å²) < 4.78 is 0. The van der Waals surface area contributed by atoms with E-state index >= 15 is 0 Å². The minimum Gasteiger partial charge on any atom is -0.337 e. The summed E-state index contributed by atoms with van der Waals surface area (Å²) in [5, 5.41) is 3.19. The van der Waals surface area contributed by atoms with Crippen molar-refractivity contribution in [3.63, 3.8) is 0 Å². The number of hydrogen-bond donors (Lipinski definition) is 1. The van der Waals surface area contributed by atoms with Crippen molar-refractivity contribution in [3.8, 4) is 0 Å². The second-order valence-corrected chi connectivity index (χ2v) is 4.46. The summed E-state index contributed by atoms with van der Waals surface area (Å²) in [4.78, 5) is 18.2. The fourth-order valence-corrected chi connectivity index (χ4v) is 1.93. The number of hydrogen-bond acceptors (Lipinski definition) is 3. The number of carbonyl (C=O) groups excluding carboxylic acids is 1. The maximum absolute atomic E-state index is 12.1. The zero-order valence-corrected chi connectivity index (χ0v) is 10.2. The highest BCUT2D eigenvalue weighted by Gasteiger charge is 2.23. The number of nitrogens with zero attached hydrogens (tertiary/aromatic N) is 2. The van der Waals surface area contributed by atoms with Crippen LogP contribution < -0.4 is 5.32 Å². The maximum Gasteiger partial charge on any atom is 0.223 e. The summed E-state index contributed by atoms with van der Waals surface area (Å²) in [6.45, 7) is 5.34. The minimum atomic E-state index is 0.240. The van der Waals surface area contributed by atoms with E-state index in [9.17, 15) is 4.79 Å². The predicted molar refractivity (Wildman–Crippen MR) is 66.3 cm³/mol. The number of pyridine rings is 1. The zero-order chi connectivity index (χ0) is 12.1. The van der Waals surface area contributed by atoms with E-state index in [0.29, 0.717) is 18.9 Å². The summed E-state index contributed by atoms with van der Waals surface area (Å²) in [5.74, 6) is 0.768. The Bertz CT molecular complexity index is 362. The van der Waals surface area contributed by atoms with Gasteiger partial charge in [-0.25, -0.2) is 0 Å². The van der Waals surface area contributed by atoms with Crippen molar-refractivity contribution in [1.29, 1.82) is 0 Å². The maximum atomic E-state index is 12.1. The Labute approximate surface area is 102 Å². The normalized spacial score (nSPS) is 15.4. The molecule has 2 heterocycles. The lowest BCUT2D eigenvalue weighted by atomic mass is 9.98. The summed E-state index contributed by atoms with van der Waals surface area (Å²) in [6, 6.07) is 5.80. The molecule has 1 aliphatic heterocycles. The molecule has 92 valence electrons. The molecule has 4 heteroatoms. The summed E-state index contributed by atoms with van der Waals surface area (Å²) >= 11 is 0. The van der Waals surface area contributed by atoms with Gasteiger partial charge < -0.3 is 10.2 Å². The summed E-state index contributed by atoms with van der Waals surface area (Å²) in [6.07, 6.45) is 2.43. The molecule has 0 aliphatic carbocycles. The molecular formula is C13H19N3O. The molecule has 17 heavy (non-hydrogen) atoms. The first-order valence-electron chi connectivity index (χ1n) is 6.18. The van der Waals surface area contributed by atoms with Crippen LogP contribution >= 0.6 is 0 Å². The van der Waals surface area contributed by atoms with Crippen LogP contribution in [-0.4, -0.2) is 35.4 Å². The lowest BCUT2D eigenvalue weighted by molar-refractivity contribution is -0.133. The lowest BCUT2D eigenvalue weighted by Gasteiger charge is -2.29. The monoisotopic (exact) mass is 233 g/mol. The zero-order valence-electron chi connectivity index (χ0n) is 10.2. The fraction of sp³-hybridized carbons (Fsp3) is 0.538. The van der Waals surface area contributed by atoms with E-state index in [1.54, 1.807) is 6.20 Å². The number of carbonyl (C=O) groups is 1. The smallest absolute Gasteiger partial charge is 0.223 e. The van der Waals surface area contributed by atoms with Gasteiger partial charge in [0, 0.05) is 19.2 Å². The van der Waals surface area contributed by atoms with E-state index in [4.69, 9.17) is 0 Å². The highest BCUT2D eigenvalue weighted by atomic mass is 16.2. The van der Waals surface area contributed by atoms with E-state index in [1.165, 1.54) is 0 Å². The first-order valence-corrected chi connectivity index (χ1v) is 6.18. The SMILES string of the molecule is CCN(Cc1ccccn1)C(=O)CC1CNC1. The Morgan fingerprint density at radius 2 is 2.35 bits per heavy atom. The number of amides is 1. The molecule has 4 nitrogen and oxygen atoms in total. The van der Waals surface area contributed by atoms with Gasteiger partial charge in [0.15, 0.2) is 0 Å². The van der Waals surface area contributed by atoms with Crippen molar-refractivity contribution in [2.24, 2.45) is 5.92 Å². The van der Waals surface area contributed by atoms with Gasteiger partial charge in [0.25, 0.3) is 0 Å². The molecule has 1 aliphatic rings. The van der Waals surface area contributed by atoms with Gasteiger partial charge in [0.05, 0.1) is 12.2 Å². The minimum absolute atomic E-state index is 0.240. The molecule has 1 aromatic heterocycles. The molecule has 0 bridgehead atoms. The average Bonchev–Trinajstić information content (AvgIpc) is 2.32. The van der Waals surface area contributed by atoms with E-state index in [1.807, 2.05) is 30.0 Å². The first kappa shape index (κ1) is 12.0. The van der Waals surface area contributed by atoms with Crippen LogP contribution in [0.5, 0.6) is 0 Å². The summed E-state index contributed by atoms with van der Waals surface area (Å²) in [5.41, 5.74) is 0.953. The third-order valence-electron chi connectivity index (χ3n) is 3.14. The molecule has 1 fully saturated rings. The molecule has 1 amide bonds. The van der Waals surface area contributed by atoms with Crippen LogP contribution in [0.4, 0.5) is 0 Å². The van der Waals surface area contributed by atoms with Gasteiger partial charge in [-0.1, -0.05) is 6.07 Å². The molecule has 0 radical (unpaired) electrons. The van der Waals surface area contributed by atoms with E-state index in [0.717, 1.165) is 25.3 Å². The van der Waals surface area contributed by atoms with Crippen LogP contribution in [-0.2, 0) is 11.3 Å². The van der Waals surface area contributed by atoms with Gasteiger partial charge >= 0.3 is 0 Å². The van der Waals surface area contributed by atoms with Crippen molar-refractivity contribution in [2.75, 3.05) is 19.6 Å². The molecule has 0 aromatic carbocycles. The third-order valence-corrected chi connectivity index (χ3v) is 3.14. The van der Waals surface area contributed by atoms with Crippen molar-refractivity contribution in [1.82, 2.24) is 15.2 Å². The lowest BCUT2D eigenvalue weighted by Crippen LogP contribution is -2.45. The number of nitrogens with one attached hydrogen (secondary N) is 1. The first-order chi connectivity index (χ1) is 8.29. The van der Waals surface area contributed by atoms with Crippen molar-refractivity contribution < 1.29 is 4.79 Å². The van der Waals surface area contributed by atoms with Gasteiger partial charge in [0.2, 0.25) is 5.91 Å². The third kappa shape index (κ3) is 3.27. The second-order valence-electron chi connectivity index (χ2n) is 4.46. The quantitative estimate of drug-likeness (QED) is 0.826.